The zero-order valence-corrected chi connectivity index (χ0v) is 18.1. The van der Waals surface area contributed by atoms with Crippen LogP contribution in [0.1, 0.15) is 50.4 Å². The fraction of sp³-hybridized carbons (Fsp3) is 0.545. The molecule has 3 aromatic heterocycles. The molecule has 0 bridgehead atoms. The molecular weight excluding hydrogens is 380 g/mol. The summed E-state index contributed by atoms with van der Waals surface area (Å²) in [7, 11) is 0. The molecule has 152 valence electrons. The predicted octanol–water partition coefficient (Wildman–Crippen LogP) is 5.19. The molecule has 2 atom stereocenters. The molecule has 2 fully saturated rings. The lowest BCUT2D eigenvalue weighted by atomic mass is 10.1. The van der Waals surface area contributed by atoms with E-state index in [-0.39, 0.29) is 0 Å². The zero-order valence-electron chi connectivity index (χ0n) is 17.3. The van der Waals surface area contributed by atoms with Gasteiger partial charge in [0.05, 0.1) is 21.7 Å². The van der Waals surface area contributed by atoms with E-state index in [1.807, 2.05) is 19.2 Å². The van der Waals surface area contributed by atoms with E-state index in [2.05, 4.69) is 29.5 Å². The number of pyridine rings is 1. The van der Waals surface area contributed by atoms with E-state index in [0.717, 1.165) is 56.4 Å². The van der Waals surface area contributed by atoms with Crippen LogP contribution in [0.25, 0.3) is 20.8 Å². The van der Waals surface area contributed by atoms with Gasteiger partial charge in [-0.2, -0.15) is 4.98 Å². The lowest BCUT2D eigenvalue weighted by Gasteiger charge is -2.21. The number of hydrogen-bond acceptors (Lipinski definition) is 7. The number of nitrogens with one attached hydrogen (secondary N) is 2. The maximum absolute atomic E-state index is 4.93. The Morgan fingerprint density at radius 3 is 2.66 bits per heavy atom. The molecular formula is C22H28N6S. The number of anilines is 2. The normalized spacial score (nSPS) is 21.6. The molecule has 2 aliphatic rings. The van der Waals surface area contributed by atoms with E-state index in [1.54, 1.807) is 11.3 Å². The summed E-state index contributed by atoms with van der Waals surface area (Å²) in [5, 5.41) is 8.18. The van der Waals surface area contributed by atoms with E-state index in [9.17, 15) is 0 Å². The first kappa shape index (κ1) is 18.7. The molecule has 2 saturated carbocycles. The fourth-order valence-electron chi connectivity index (χ4n) is 4.19. The smallest absolute Gasteiger partial charge is 0.224 e. The highest BCUT2D eigenvalue weighted by atomic mass is 32.1. The molecule has 0 spiro atoms. The summed E-state index contributed by atoms with van der Waals surface area (Å²) < 4.78 is 1.16. The van der Waals surface area contributed by atoms with Gasteiger partial charge in [0.25, 0.3) is 0 Å². The average Bonchev–Trinajstić information content (AvgIpc) is 3.29. The summed E-state index contributed by atoms with van der Waals surface area (Å²) in [4.78, 5) is 19.0. The summed E-state index contributed by atoms with van der Waals surface area (Å²) >= 11 is 1.69. The maximum atomic E-state index is 4.93. The first-order chi connectivity index (χ1) is 14.1. The minimum Gasteiger partial charge on any atom is -0.366 e. The van der Waals surface area contributed by atoms with Crippen molar-refractivity contribution < 1.29 is 0 Å². The number of nitrogens with zero attached hydrogens (tertiary/aromatic N) is 4. The molecule has 2 aliphatic carbocycles. The zero-order chi connectivity index (χ0) is 20.0. The summed E-state index contributed by atoms with van der Waals surface area (Å²) in [5.74, 6) is 3.08. The van der Waals surface area contributed by atoms with E-state index < -0.39 is 0 Å². The number of hydrogen-bond donors (Lipinski definition) is 2. The Balaban J connectivity index is 1.56. The van der Waals surface area contributed by atoms with Gasteiger partial charge in [0.2, 0.25) is 5.95 Å². The second-order valence-electron chi connectivity index (χ2n) is 8.60. The average molecular weight is 409 g/mol. The van der Waals surface area contributed by atoms with Gasteiger partial charge < -0.3 is 10.6 Å². The third-order valence-electron chi connectivity index (χ3n) is 6.22. The quantitative estimate of drug-likeness (QED) is 0.585. The Bertz CT molecular complexity index is 1040. The topological polar surface area (TPSA) is 75.6 Å². The van der Waals surface area contributed by atoms with Crippen molar-refractivity contribution >= 4 is 33.3 Å². The molecule has 0 unspecified atom stereocenters. The van der Waals surface area contributed by atoms with E-state index >= 15 is 0 Å². The molecule has 0 aliphatic heterocycles. The van der Waals surface area contributed by atoms with Gasteiger partial charge in [0.1, 0.15) is 16.3 Å². The van der Waals surface area contributed by atoms with Crippen LogP contribution in [0.2, 0.25) is 0 Å². The standard InChI is InChI=1S/C22H28N6S/c1-12-5-4-6-16(12)26-20-18(13(2)25-22(28-20)24-11-15-7-8-15)21-27-19-14(3)23-10-9-17(19)29-21/h9-10,12,15-16H,4-8,11H2,1-3H3,(H2,24,25,26,28)/t12-,16-/m0/s1. The molecule has 0 amide bonds. The van der Waals surface area contributed by atoms with E-state index in [1.165, 1.54) is 32.1 Å². The van der Waals surface area contributed by atoms with Gasteiger partial charge in [-0.1, -0.05) is 13.3 Å². The van der Waals surface area contributed by atoms with E-state index in [0.29, 0.717) is 12.0 Å². The van der Waals surface area contributed by atoms with Crippen LogP contribution in [-0.2, 0) is 0 Å². The van der Waals surface area contributed by atoms with Crippen LogP contribution < -0.4 is 10.6 Å². The van der Waals surface area contributed by atoms with Crippen molar-refractivity contribution in [3.05, 3.63) is 23.7 Å². The molecule has 5 rings (SSSR count). The van der Waals surface area contributed by atoms with Gasteiger partial charge >= 0.3 is 0 Å². The minimum atomic E-state index is 0.456. The molecule has 3 heterocycles. The SMILES string of the molecule is Cc1nc(NCC2CC2)nc(N[C@H]2CCC[C@@H]2C)c1-c1nc2c(C)nccc2s1. The molecule has 0 saturated heterocycles. The van der Waals surface area contributed by atoms with Crippen molar-refractivity contribution in [2.45, 2.75) is 58.9 Å². The molecule has 3 aromatic rings. The Hall–Kier alpha value is -2.28. The van der Waals surface area contributed by atoms with Gasteiger partial charge in [0.15, 0.2) is 0 Å². The summed E-state index contributed by atoms with van der Waals surface area (Å²) in [6, 6.07) is 2.49. The number of aromatic nitrogens is 4. The molecule has 2 N–H and O–H groups in total. The van der Waals surface area contributed by atoms with Gasteiger partial charge in [-0.25, -0.2) is 9.97 Å². The third kappa shape index (κ3) is 3.80. The van der Waals surface area contributed by atoms with Crippen LogP contribution in [0.4, 0.5) is 11.8 Å². The first-order valence-electron chi connectivity index (χ1n) is 10.7. The van der Waals surface area contributed by atoms with Crippen LogP contribution in [0.3, 0.4) is 0 Å². The van der Waals surface area contributed by atoms with Crippen molar-refractivity contribution in [3.8, 4) is 10.6 Å². The lowest BCUT2D eigenvalue weighted by molar-refractivity contribution is 0.555. The van der Waals surface area contributed by atoms with Gasteiger partial charge in [-0.3, -0.25) is 4.98 Å². The van der Waals surface area contributed by atoms with Crippen molar-refractivity contribution in [2.75, 3.05) is 17.2 Å². The van der Waals surface area contributed by atoms with Crippen molar-refractivity contribution in [1.82, 2.24) is 19.9 Å². The Morgan fingerprint density at radius 2 is 1.93 bits per heavy atom. The van der Waals surface area contributed by atoms with Crippen molar-refractivity contribution in [1.29, 1.82) is 0 Å². The van der Waals surface area contributed by atoms with Crippen LogP contribution in [0.15, 0.2) is 12.3 Å². The maximum Gasteiger partial charge on any atom is 0.224 e. The summed E-state index contributed by atoms with van der Waals surface area (Å²) in [5.41, 5.74) is 3.94. The van der Waals surface area contributed by atoms with Gasteiger partial charge in [-0.05, 0) is 57.4 Å². The van der Waals surface area contributed by atoms with E-state index in [4.69, 9.17) is 15.0 Å². The lowest BCUT2D eigenvalue weighted by Crippen LogP contribution is -2.23. The summed E-state index contributed by atoms with van der Waals surface area (Å²) in [6.45, 7) is 7.38. The Morgan fingerprint density at radius 1 is 1.07 bits per heavy atom. The highest BCUT2D eigenvalue weighted by Gasteiger charge is 2.27. The minimum absolute atomic E-state index is 0.456. The highest BCUT2D eigenvalue weighted by molar-refractivity contribution is 7.21. The number of thiazole rings is 1. The van der Waals surface area contributed by atoms with Gasteiger partial charge in [0, 0.05) is 18.8 Å². The Labute approximate surface area is 175 Å². The monoisotopic (exact) mass is 408 g/mol. The van der Waals surface area contributed by atoms with Crippen molar-refractivity contribution in [2.24, 2.45) is 11.8 Å². The second-order valence-corrected chi connectivity index (χ2v) is 9.63. The van der Waals surface area contributed by atoms with Gasteiger partial charge in [-0.15, -0.1) is 11.3 Å². The van der Waals surface area contributed by atoms with Crippen LogP contribution in [0, 0.1) is 25.7 Å². The fourth-order valence-corrected chi connectivity index (χ4v) is 5.31. The largest absolute Gasteiger partial charge is 0.366 e. The molecule has 0 aromatic carbocycles. The second kappa shape index (κ2) is 7.52. The highest BCUT2D eigenvalue weighted by Crippen LogP contribution is 2.38. The number of fused-ring (bicyclic) bond motifs is 1. The third-order valence-corrected chi connectivity index (χ3v) is 7.26. The van der Waals surface area contributed by atoms with Crippen molar-refractivity contribution in [3.63, 3.8) is 0 Å². The molecule has 29 heavy (non-hydrogen) atoms. The van der Waals surface area contributed by atoms with Crippen LogP contribution in [0.5, 0.6) is 0 Å². The Kier molecular flexibility index (Phi) is 4.86. The molecule has 6 nitrogen and oxygen atoms in total. The van der Waals surface area contributed by atoms with Crippen LogP contribution in [-0.4, -0.2) is 32.5 Å². The summed E-state index contributed by atoms with van der Waals surface area (Å²) in [6.07, 6.45) is 8.22. The number of aryl methyl sites for hydroxylation is 2. The number of rotatable bonds is 6. The van der Waals surface area contributed by atoms with Crippen LogP contribution >= 0.6 is 11.3 Å². The molecule has 0 radical (unpaired) electrons. The first-order valence-corrected chi connectivity index (χ1v) is 11.5. The molecule has 7 heteroatoms. The predicted molar refractivity (Wildman–Crippen MR) is 120 cm³/mol.